The van der Waals surface area contributed by atoms with Gasteiger partial charge in [0.2, 0.25) is 5.91 Å². The zero-order valence-corrected chi connectivity index (χ0v) is 24.7. The van der Waals surface area contributed by atoms with Crippen LogP contribution in [0.2, 0.25) is 5.02 Å². The van der Waals surface area contributed by atoms with E-state index in [4.69, 9.17) is 16.3 Å². The maximum atomic E-state index is 13.4. The summed E-state index contributed by atoms with van der Waals surface area (Å²) < 4.78 is 5.78. The molecule has 0 bridgehead atoms. The summed E-state index contributed by atoms with van der Waals surface area (Å²) >= 11 is 6.02. The molecule has 2 amide bonds. The predicted octanol–water partition coefficient (Wildman–Crippen LogP) is 5.43. The number of halogens is 1. The summed E-state index contributed by atoms with van der Waals surface area (Å²) in [5.41, 5.74) is 4.67. The quantitative estimate of drug-likeness (QED) is 0.270. The molecule has 4 aromatic rings. The van der Waals surface area contributed by atoms with Crippen LogP contribution in [0.1, 0.15) is 23.2 Å². The largest absolute Gasteiger partial charge is 0.376 e. The van der Waals surface area contributed by atoms with Gasteiger partial charge in [-0.2, -0.15) is 0 Å². The molecule has 8 nitrogen and oxygen atoms in total. The Morgan fingerprint density at radius 3 is 2.16 bits per heavy atom. The van der Waals surface area contributed by atoms with Crippen molar-refractivity contribution >= 4 is 29.2 Å². The van der Waals surface area contributed by atoms with Crippen molar-refractivity contribution in [2.75, 3.05) is 50.8 Å². The van der Waals surface area contributed by atoms with Crippen LogP contribution in [0, 0.1) is 0 Å². The molecule has 43 heavy (non-hydrogen) atoms. The maximum Gasteiger partial charge on any atom is 0.254 e. The molecule has 0 radical (unpaired) electrons. The van der Waals surface area contributed by atoms with Gasteiger partial charge in [0.15, 0.2) is 5.82 Å². The summed E-state index contributed by atoms with van der Waals surface area (Å²) in [6, 6.07) is 29.4. The van der Waals surface area contributed by atoms with E-state index in [1.54, 1.807) is 29.2 Å². The van der Waals surface area contributed by atoms with Gasteiger partial charge in [-0.05, 0) is 60.4 Å². The number of nitrogens with zero attached hydrogens (tertiary/aromatic N) is 5. The molecule has 2 aliphatic rings. The molecule has 1 aromatic heterocycles. The summed E-state index contributed by atoms with van der Waals surface area (Å²) in [6.07, 6.45) is 1.80. The minimum atomic E-state index is -0.191. The molecule has 2 saturated heterocycles. The normalized spacial score (nSPS) is 16.7. The monoisotopic (exact) mass is 595 g/mol. The highest BCUT2D eigenvalue weighted by molar-refractivity contribution is 6.30. The second-order valence-corrected chi connectivity index (χ2v) is 11.4. The van der Waals surface area contributed by atoms with Crippen LogP contribution in [0.3, 0.4) is 0 Å². The van der Waals surface area contributed by atoms with Gasteiger partial charge in [-0.1, -0.05) is 66.2 Å². The van der Waals surface area contributed by atoms with Crippen molar-refractivity contribution in [3.63, 3.8) is 0 Å². The lowest BCUT2D eigenvalue weighted by atomic mass is 10.0. The molecule has 0 spiro atoms. The molecular formula is C34H34ClN5O3. The van der Waals surface area contributed by atoms with Gasteiger partial charge in [0.25, 0.3) is 5.91 Å². The highest BCUT2D eigenvalue weighted by Gasteiger charge is 2.29. The summed E-state index contributed by atoms with van der Waals surface area (Å²) in [6.45, 7) is 3.47. The molecule has 0 N–H and O–H groups in total. The van der Waals surface area contributed by atoms with Crippen molar-refractivity contribution < 1.29 is 14.3 Å². The molecule has 220 valence electrons. The zero-order valence-electron chi connectivity index (χ0n) is 23.9. The standard InChI is InChI=1S/C34H34ClN5O3/c35-29-14-12-28(13-15-29)34(42)40(23-30-7-4-22-43-30)24-33(41)39-20-18-38(19-21-39)32-17-16-31(36-37-32)27-10-8-26(9-11-27)25-5-2-1-3-6-25/h1-3,5-6,8-17,30H,4,7,18-24H2. The fourth-order valence-corrected chi connectivity index (χ4v) is 5.71. The SMILES string of the molecule is O=C(CN(CC1CCCO1)C(=O)c1ccc(Cl)cc1)N1CCN(c2ccc(-c3ccc(-c4ccccc4)cc3)nn2)CC1. The van der Waals surface area contributed by atoms with Crippen LogP contribution in [-0.2, 0) is 9.53 Å². The van der Waals surface area contributed by atoms with E-state index in [1.807, 2.05) is 35.2 Å². The zero-order chi connectivity index (χ0) is 29.6. The number of hydrogen-bond donors (Lipinski definition) is 0. The Morgan fingerprint density at radius 1 is 0.814 bits per heavy atom. The Hall–Kier alpha value is -4.27. The Kier molecular flexibility index (Phi) is 8.96. The van der Waals surface area contributed by atoms with Gasteiger partial charge in [-0.25, -0.2) is 0 Å². The van der Waals surface area contributed by atoms with Gasteiger partial charge in [0.05, 0.1) is 11.8 Å². The summed E-state index contributed by atoms with van der Waals surface area (Å²) in [5.74, 6) is 0.527. The van der Waals surface area contributed by atoms with Crippen LogP contribution >= 0.6 is 11.6 Å². The van der Waals surface area contributed by atoms with E-state index in [1.165, 1.54) is 5.56 Å². The average Bonchev–Trinajstić information content (AvgIpc) is 3.58. The molecule has 1 unspecified atom stereocenters. The Labute approximate surface area is 256 Å². The van der Waals surface area contributed by atoms with Crippen LogP contribution in [0.15, 0.2) is 91.0 Å². The minimum Gasteiger partial charge on any atom is -0.376 e. The number of carbonyl (C=O) groups is 2. The second kappa shape index (κ2) is 13.4. The van der Waals surface area contributed by atoms with Crippen molar-refractivity contribution in [3.05, 3.63) is 102 Å². The number of hydrogen-bond acceptors (Lipinski definition) is 6. The first kappa shape index (κ1) is 28.8. The van der Waals surface area contributed by atoms with Gasteiger partial charge < -0.3 is 19.4 Å². The van der Waals surface area contributed by atoms with Gasteiger partial charge in [0.1, 0.15) is 6.54 Å². The third-order valence-electron chi connectivity index (χ3n) is 8.05. The molecule has 0 aliphatic carbocycles. The summed E-state index contributed by atoms with van der Waals surface area (Å²) in [4.78, 5) is 32.3. The van der Waals surface area contributed by atoms with E-state index in [0.29, 0.717) is 49.9 Å². The van der Waals surface area contributed by atoms with Gasteiger partial charge >= 0.3 is 0 Å². The molecule has 6 rings (SSSR count). The topological polar surface area (TPSA) is 78.9 Å². The van der Waals surface area contributed by atoms with Crippen LogP contribution in [-0.4, -0.2) is 83.8 Å². The van der Waals surface area contributed by atoms with Crippen molar-refractivity contribution in [3.8, 4) is 22.4 Å². The maximum absolute atomic E-state index is 13.4. The highest BCUT2D eigenvalue weighted by atomic mass is 35.5. The van der Waals surface area contributed by atoms with Crippen molar-refractivity contribution in [2.45, 2.75) is 18.9 Å². The third-order valence-corrected chi connectivity index (χ3v) is 8.30. The molecule has 1 atom stereocenters. The first-order valence-corrected chi connectivity index (χ1v) is 15.1. The Bertz CT molecular complexity index is 1520. The molecule has 2 aliphatic heterocycles. The highest BCUT2D eigenvalue weighted by Crippen LogP contribution is 2.25. The fraction of sp³-hybridized carbons (Fsp3) is 0.294. The predicted molar refractivity (Wildman–Crippen MR) is 168 cm³/mol. The van der Waals surface area contributed by atoms with Gasteiger partial charge in [-0.3, -0.25) is 9.59 Å². The number of rotatable bonds is 8. The van der Waals surface area contributed by atoms with E-state index in [9.17, 15) is 9.59 Å². The molecular weight excluding hydrogens is 562 g/mol. The molecule has 2 fully saturated rings. The second-order valence-electron chi connectivity index (χ2n) is 10.9. The van der Waals surface area contributed by atoms with E-state index < -0.39 is 0 Å². The van der Waals surface area contributed by atoms with Crippen LogP contribution in [0.4, 0.5) is 5.82 Å². The van der Waals surface area contributed by atoms with Crippen LogP contribution < -0.4 is 4.90 Å². The molecule has 9 heteroatoms. The lowest BCUT2D eigenvalue weighted by molar-refractivity contribution is -0.132. The molecule has 3 aromatic carbocycles. The Balaban J connectivity index is 1.05. The number of anilines is 1. The first-order chi connectivity index (χ1) is 21.0. The molecule has 0 saturated carbocycles. The van der Waals surface area contributed by atoms with Crippen LogP contribution in [0.25, 0.3) is 22.4 Å². The van der Waals surface area contributed by atoms with Crippen molar-refractivity contribution in [1.82, 2.24) is 20.0 Å². The number of aromatic nitrogens is 2. The number of piperazine rings is 1. The summed E-state index contributed by atoms with van der Waals surface area (Å²) in [5, 5.41) is 9.54. The summed E-state index contributed by atoms with van der Waals surface area (Å²) in [7, 11) is 0. The van der Waals surface area contributed by atoms with E-state index in [2.05, 4.69) is 51.5 Å². The third kappa shape index (κ3) is 7.04. The van der Waals surface area contributed by atoms with Gasteiger partial charge in [-0.15, -0.1) is 10.2 Å². The lowest BCUT2D eigenvalue weighted by Gasteiger charge is -2.36. The lowest BCUT2D eigenvalue weighted by Crippen LogP contribution is -2.52. The van der Waals surface area contributed by atoms with E-state index >= 15 is 0 Å². The van der Waals surface area contributed by atoms with Crippen molar-refractivity contribution in [2.24, 2.45) is 0 Å². The van der Waals surface area contributed by atoms with E-state index in [-0.39, 0.29) is 24.5 Å². The number of ether oxygens (including phenoxy) is 1. The number of benzene rings is 3. The minimum absolute atomic E-state index is 0.0128. The number of amides is 2. The fourth-order valence-electron chi connectivity index (χ4n) is 5.59. The van der Waals surface area contributed by atoms with Crippen LogP contribution in [0.5, 0.6) is 0 Å². The molecule has 3 heterocycles. The first-order valence-electron chi connectivity index (χ1n) is 14.7. The number of carbonyl (C=O) groups excluding carboxylic acids is 2. The van der Waals surface area contributed by atoms with E-state index in [0.717, 1.165) is 35.5 Å². The average molecular weight is 596 g/mol. The Morgan fingerprint density at radius 2 is 1.51 bits per heavy atom. The smallest absolute Gasteiger partial charge is 0.254 e. The van der Waals surface area contributed by atoms with Gasteiger partial charge in [0, 0.05) is 55.5 Å². The van der Waals surface area contributed by atoms with Crippen molar-refractivity contribution in [1.29, 1.82) is 0 Å².